The zero-order chi connectivity index (χ0) is 19.6. The van der Waals surface area contributed by atoms with E-state index in [1.54, 1.807) is 13.8 Å². The molecule has 0 amide bonds. The molecule has 2 N–H and O–H groups in total. The van der Waals surface area contributed by atoms with Crippen molar-refractivity contribution in [3.63, 3.8) is 0 Å². The molecule has 0 bridgehead atoms. The Balaban J connectivity index is 0.000000257. The molecule has 2 rings (SSSR count). The maximum atomic E-state index is 11.7. The van der Waals surface area contributed by atoms with Gasteiger partial charge < -0.3 is 14.9 Å². The third kappa shape index (κ3) is 4.59. The summed E-state index contributed by atoms with van der Waals surface area (Å²) in [5.74, 6) is -1.19. The fourth-order valence-corrected chi connectivity index (χ4v) is 3.75. The highest BCUT2D eigenvalue weighted by molar-refractivity contribution is 6.11. The van der Waals surface area contributed by atoms with Crippen molar-refractivity contribution in [2.75, 3.05) is 13.2 Å². The number of hydrogen-bond acceptors (Lipinski definition) is 5. The summed E-state index contributed by atoms with van der Waals surface area (Å²) in [6.45, 7) is 13.6. The maximum absolute atomic E-state index is 11.7. The first-order chi connectivity index (χ1) is 11.4. The van der Waals surface area contributed by atoms with Crippen molar-refractivity contribution in [1.29, 1.82) is 0 Å². The van der Waals surface area contributed by atoms with E-state index in [0.717, 1.165) is 5.57 Å². The molecule has 2 aliphatic rings. The van der Waals surface area contributed by atoms with Crippen molar-refractivity contribution in [1.82, 2.24) is 0 Å². The fraction of sp³-hybridized carbons (Fsp3) is 0.700. The Hall–Kier alpha value is -1.46. The van der Waals surface area contributed by atoms with E-state index in [2.05, 4.69) is 0 Å². The van der Waals surface area contributed by atoms with Crippen LogP contribution in [0.15, 0.2) is 23.3 Å². The molecule has 0 spiro atoms. The molecule has 0 aromatic rings. The summed E-state index contributed by atoms with van der Waals surface area (Å²) >= 11 is 0. The molecule has 0 heterocycles. The quantitative estimate of drug-likeness (QED) is 0.463. The van der Waals surface area contributed by atoms with Crippen LogP contribution in [0, 0.1) is 22.7 Å². The van der Waals surface area contributed by atoms with Gasteiger partial charge in [-0.3, -0.25) is 9.59 Å². The largest absolute Gasteiger partial charge is 0.465 e. The summed E-state index contributed by atoms with van der Waals surface area (Å²) < 4.78 is 4.89. The van der Waals surface area contributed by atoms with Gasteiger partial charge in [0, 0.05) is 17.9 Å². The second-order valence-corrected chi connectivity index (χ2v) is 8.14. The summed E-state index contributed by atoms with van der Waals surface area (Å²) in [5, 5.41) is 18.6. The Morgan fingerprint density at radius 3 is 2.00 bits per heavy atom. The Bertz CT molecular complexity index is 583. The van der Waals surface area contributed by atoms with Gasteiger partial charge in [-0.05, 0) is 37.3 Å². The van der Waals surface area contributed by atoms with Crippen LogP contribution in [0.1, 0.15) is 48.5 Å². The predicted octanol–water partition coefficient (Wildman–Crippen LogP) is 2.66. The lowest BCUT2D eigenvalue weighted by atomic mass is 9.81. The second-order valence-electron chi connectivity index (χ2n) is 8.14. The molecule has 0 aliphatic heterocycles. The van der Waals surface area contributed by atoms with E-state index >= 15 is 0 Å². The first-order valence-electron chi connectivity index (χ1n) is 8.77. The lowest BCUT2D eigenvalue weighted by Gasteiger charge is -2.26. The molecule has 0 fully saturated rings. The molecule has 25 heavy (non-hydrogen) atoms. The smallest absolute Gasteiger partial charge is 0.317 e. The molecule has 3 unspecified atom stereocenters. The molecule has 2 aliphatic carbocycles. The first kappa shape index (κ1) is 21.6. The Morgan fingerprint density at radius 2 is 1.72 bits per heavy atom. The van der Waals surface area contributed by atoms with E-state index in [1.165, 1.54) is 0 Å². The number of hydrogen-bond donors (Lipinski definition) is 2. The van der Waals surface area contributed by atoms with E-state index in [-0.39, 0.29) is 23.7 Å². The summed E-state index contributed by atoms with van der Waals surface area (Å²) in [5.41, 5.74) is 1.17. The highest BCUT2D eigenvalue weighted by Crippen LogP contribution is 2.40. The molecule has 0 saturated carbocycles. The number of rotatable bonds is 3. The summed E-state index contributed by atoms with van der Waals surface area (Å²) in [4.78, 5) is 23.2. The van der Waals surface area contributed by atoms with Gasteiger partial charge in [-0.15, -0.1) is 0 Å². The minimum absolute atomic E-state index is 0.0255. The second kappa shape index (κ2) is 7.83. The number of carbonyl (C=O) groups excluding carboxylic acids is 2. The summed E-state index contributed by atoms with van der Waals surface area (Å²) in [6.07, 6.45) is 3.44. The van der Waals surface area contributed by atoms with Crippen LogP contribution >= 0.6 is 0 Å². The van der Waals surface area contributed by atoms with Crippen LogP contribution in [0.3, 0.4) is 0 Å². The summed E-state index contributed by atoms with van der Waals surface area (Å²) in [6, 6.07) is 0. The number of ketones is 1. The monoisotopic (exact) mass is 352 g/mol. The van der Waals surface area contributed by atoms with E-state index in [0.29, 0.717) is 12.2 Å². The third-order valence-electron chi connectivity index (χ3n) is 5.11. The number of Topliss-reactive ketones (excluding diaryl/α,β-unsaturated/α-hetero) is 1. The van der Waals surface area contributed by atoms with Crippen LogP contribution < -0.4 is 0 Å². The lowest BCUT2D eigenvalue weighted by molar-refractivity contribution is -0.153. The molecule has 0 radical (unpaired) electrons. The molecule has 5 heteroatoms. The molecule has 0 aromatic carbocycles. The van der Waals surface area contributed by atoms with Gasteiger partial charge in [0.15, 0.2) is 5.78 Å². The van der Waals surface area contributed by atoms with Gasteiger partial charge in [-0.2, -0.15) is 0 Å². The van der Waals surface area contributed by atoms with Gasteiger partial charge in [0.05, 0.1) is 12.7 Å². The van der Waals surface area contributed by atoms with Gasteiger partial charge in [-0.1, -0.05) is 39.8 Å². The van der Waals surface area contributed by atoms with Crippen LogP contribution in [0.5, 0.6) is 0 Å². The minimum Gasteiger partial charge on any atom is -0.465 e. The lowest BCUT2D eigenvalue weighted by Crippen LogP contribution is -2.33. The van der Waals surface area contributed by atoms with Crippen LogP contribution in [0.4, 0.5) is 0 Å². The van der Waals surface area contributed by atoms with Crippen molar-refractivity contribution in [3.8, 4) is 0 Å². The van der Waals surface area contributed by atoms with Gasteiger partial charge in [0.25, 0.3) is 0 Å². The van der Waals surface area contributed by atoms with Crippen LogP contribution in [-0.2, 0) is 14.3 Å². The normalized spacial score (nSPS) is 29.5. The summed E-state index contributed by atoms with van der Waals surface area (Å²) in [7, 11) is 0. The molecular weight excluding hydrogens is 320 g/mol. The zero-order valence-corrected chi connectivity index (χ0v) is 16.4. The van der Waals surface area contributed by atoms with E-state index in [1.807, 2.05) is 46.8 Å². The number of aliphatic hydroxyl groups is 2. The van der Waals surface area contributed by atoms with Crippen molar-refractivity contribution in [2.24, 2.45) is 22.7 Å². The standard InChI is InChI=1S/C11H16O3.C9H16O2/c1-5-14-10(13)8-9(12)7(2)6-11(8,3)4;1-6-4-9(2,3)7(5-10)8(6)11/h6,8H,5H2,1-4H3;4,7-8,10-11H,5H2,1-3H3. The fourth-order valence-electron chi connectivity index (χ4n) is 3.75. The SMILES string of the molecule is CC1=CC(C)(C)C(CO)C1O.CCOC(=O)C1C(=O)C(C)=CC1(C)C. The Kier molecular flexibility index (Phi) is 6.76. The highest BCUT2D eigenvalue weighted by Gasteiger charge is 2.45. The van der Waals surface area contributed by atoms with Gasteiger partial charge in [0.2, 0.25) is 0 Å². The van der Waals surface area contributed by atoms with Crippen molar-refractivity contribution in [3.05, 3.63) is 23.3 Å². The Labute approximate surface area is 150 Å². The van der Waals surface area contributed by atoms with Gasteiger partial charge in [0.1, 0.15) is 5.92 Å². The van der Waals surface area contributed by atoms with Crippen LogP contribution in [-0.4, -0.2) is 41.3 Å². The van der Waals surface area contributed by atoms with E-state index in [9.17, 15) is 14.7 Å². The number of aliphatic hydroxyl groups excluding tert-OH is 2. The average Bonchev–Trinajstić information content (AvgIpc) is 2.79. The molecule has 5 nitrogen and oxygen atoms in total. The number of allylic oxidation sites excluding steroid dienone is 3. The first-order valence-corrected chi connectivity index (χ1v) is 8.77. The van der Waals surface area contributed by atoms with Crippen molar-refractivity contribution < 1.29 is 24.5 Å². The van der Waals surface area contributed by atoms with E-state index < -0.39 is 23.4 Å². The van der Waals surface area contributed by atoms with Crippen LogP contribution in [0.2, 0.25) is 0 Å². The van der Waals surface area contributed by atoms with E-state index in [4.69, 9.17) is 9.84 Å². The molecule has 142 valence electrons. The van der Waals surface area contributed by atoms with Gasteiger partial charge in [-0.25, -0.2) is 0 Å². The third-order valence-corrected chi connectivity index (χ3v) is 5.11. The molecular formula is C20H32O5. The number of carbonyl (C=O) groups is 2. The highest BCUT2D eigenvalue weighted by atomic mass is 16.5. The molecule has 0 aromatic heterocycles. The van der Waals surface area contributed by atoms with Gasteiger partial charge >= 0.3 is 5.97 Å². The number of ether oxygens (including phenoxy) is 1. The predicted molar refractivity (Wildman–Crippen MR) is 96.8 cm³/mol. The maximum Gasteiger partial charge on any atom is 0.317 e. The minimum atomic E-state index is -0.651. The number of esters is 1. The van der Waals surface area contributed by atoms with Crippen LogP contribution in [0.25, 0.3) is 0 Å². The Morgan fingerprint density at radius 1 is 1.16 bits per heavy atom. The topological polar surface area (TPSA) is 83.8 Å². The van der Waals surface area contributed by atoms with Crippen molar-refractivity contribution >= 4 is 11.8 Å². The molecule has 3 atom stereocenters. The zero-order valence-electron chi connectivity index (χ0n) is 16.4. The average molecular weight is 352 g/mol. The van der Waals surface area contributed by atoms with Crippen molar-refractivity contribution in [2.45, 2.75) is 54.6 Å². The molecule has 0 saturated heterocycles.